The molecule has 0 aliphatic heterocycles. The van der Waals surface area contributed by atoms with Gasteiger partial charge in [-0.05, 0) is 36.8 Å². The van der Waals surface area contributed by atoms with Crippen molar-refractivity contribution in [3.63, 3.8) is 0 Å². The van der Waals surface area contributed by atoms with Crippen LogP contribution in [0.25, 0.3) is 0 Å². The molecule has 3 rings (SSSR count). The second kappa shape index (κ2) is 8.29. The predicted octanol–water partition coefficient (Wildman–Crippen LogP) is 3.80. The molecule has 0 amide bonds. The van der Waals surface area contributed by atoms with E-state index in [0.717, 1.165) is 43.4 Å². The first-order chi connectivity index (χ1) is 12.2. The molecule has 0 saturated heterocycles. The molecule has 0 bridgehead atoms. The van der Waals surface area contributed by atoms with E-state index in [9.17, 15) is 0 Å². The minimum absolute atomic E-state index is 0.257. The Morgan fingerprint density at radius 2 is 1.28 bits per heavy atom. The highest BCUT2D eigenvalue weighted by atomic mass is 15.0. The maximum Gasteiger partial charge on any atom is 0.222 e. The number of hydrogen-bond acceptors (Lipinski definition) is 4. The quantitative estimate of drug-likeness (QED) is 0.645. The largest absolute Gasteiger partial charge is 0.383 e. The molecular weight excluding hydrogens is 308 g/mol. The third-order valence-electron chi connectivity index (χ3n) is 4.34. The lowest BCUT2D eigenvalue weighted by Gasteiger charge is -2.12. The monoisotopic (exact) mass is 332 g/mol. The SMILES string of the molecule is Nc1nc(N)c(Cc2ccccc2)c(CCCCc2ccccc2)n1. The second-order valence-electron chi connectivity index (χ2n) is 6.25. The van der Waals surface area contributed by atoms with Crippen LogP contribution in [0.5, 0.6) is 0 Å². The van der Waals surface area contributed by atoms with Crippen LogP contribution in [0.15, 0.2) is 60.7 Å². The molecule has 128 valence electrons. The van der Waals surface area contributed by atoms with Crippen molar-refractivity contribution in [2.45, 2.75) is 32.1 Å². The predicted molar refractivity (Wildman–Crippen MR) is 103 cm³/mol. The van der Waals surface area contributed by atoms with E-state index >= 15 is 0 Å². The second-order valence-corrected chi connectivity index (χ2v) is 6.25. The molecule has 1 heterocycles. The fourth-order valence-corrected chi connectivity index (χ4v) is 3.04. The fraction of sp³-hybridized carbons (Fsp3) is 0.238. The van der Waals surface area contributed by atoms with Crippen molar-refractivity contribution >= 4 is 11.8 Å². The molecule has 0 saturated carbocycles. The fourth-order valence-electron chi connectivity index (χ4n) is 3.04. The average molecular weight is 332 g/mol. The zero-order valence-corrected chi connectivity index (χ0v) is 14.4. The van der Waals surface area contributed by atoms with Gasteiger partial charge < -0.3 is 11.5 Å². The van der Waals surface area contributed by atoms with Gasteiger partial charge in [-0.25, -0.2) is 4.98 Å². The Balaban J connectivity index is 1.67. The molecular formula is C21H24N4. The van der Waals surface area contributed by atoms with Gasteiger partial charge in [-0.1, -0.05) is 60.7 Å². The zero-order chi connectivity index (χ0) is 17.5. The maximum absolute atomic E-state index is 6.13. The Labute approximate surface area is 148 Å². The number of hydrogen-bond donors (Lipinski definition) is 2. The van der Waals surface area contributed by atoms with Crippen LogP contribution in [0.2, 0.25) is 0 Å². The van der Waals surface area contributed by atoms with Crippen molar-refractivity contribution in [2.24, 2.45) is 0 Å². The number of aromatic nitrogens is 2. The Morgan fingerprint density at radius 1 is 0.680 bits per heavy atom. The van der Waals surface area contributed by atoms with Gasteiger partial charge in [0.05, 0.1) is 5.69 Å². The first-order valence-corrected chi connectivity index (χ1v) is 8.71. The van der Waals surface area contributed by atoms with Crippen LogP contribution in [0.3, 0.4) is 0 Å². The highest BCUT2D eigenvalue weighted by Crippen LogP contribution is 2.21. The summed E-state index contributed by atoms with van der Waals surface area (Å²) in [5, 5.41) is 0. The maximum atomic E-state index is 6.13. The molecule has 1 aromatic heterocycles. The lowest BCUT2D eigenvalue weighted by Crippen LogP contribution is -2.10. The van der Waals surface area contributed by atoms with E-state index in [1.165, 1.54) is 11.1 Å². The third kappa shape index (κ3) is 4.80. The molecule has 25 heavy (non-hydrogen) atoms. The molecule has 0 unspecified atom stereocenters. The number of aryl methyl sites for hydroxylation is 2. The van der Waals surface area contributed by atoms with Crippen LogP contribution in [0.4, 0.5) is 11.8 Å². The Kier molecular flexibility index (Phi) is 5.62. The van der Waals surface area contributed by atoms with Gasteiger partial charge in [-0.2, -0.15) is 4.98 Å². The van der Waals surface area contributed by atoms with Crippen LogP contribution >= 0.6 is 0 Å². The molecule has 0 aliphatic rings. The summed E-state index contributed by atoms with van der Waals surface area (Å²) in [6.45, 7) is 0. The summed E-state index contributed by atoms with van der Waals surface area (Å²) in [7, 11) is 0. The summed E-state index contributed by atoms with van der Waals surface area (Å²) in [4.78, 5) is 8.61. The molecule has 0 spiro atoms. The van der Waals surface area contributed by atoms with Crippen molar-refractivity contribution in [1.29, 1.82) is 0 Å². The average Bonchev–Trinajstić information content (AvgIpc) is 2.63. The van der Waals surface area contributed by atoms with Crippen molar-refractivity contribution < 1.29 is 0 Å². The van der Waals surface area contributed by atoms with E-state index < -0.39 is 0 Å². The molecule has 3 aromatic rings. The number of nitrogen functional groups attached to an aromatic ring is 2. The minimum Gasteiger partial charge on any atom is -0.383 e. The van der Waals surface area contributed by atoms with Gasteiger partial charge in [0, 0.05) is 12.0 Å². The smallest absolute Gasteiger partial charge is 0.222 e. The summed E-state index contributed by atoms with van der Waals surface area (Å²) >= 11 is 0. The van der Waals surface area contributed by atoms with Gasteiger partial charge in [0.25, 0.3) is 0 Å². The summed E-state index contributed by atoms with van der Waals surface area (Å²) in [6, 6.07) is 20.8. The Hall–Kier alpha value is -2.88. The van der Waals surface area contributed by atoms with Crippen molar-refractivity contribution in [3.8, 4) is 0 Å². The molecule has 4 nitrogen and oxygen atoms in total. The molecule has 4 heteroatoms. The van der Waals surface area contributed by atoms with Gasteiger partial charge in [-0.15, -0.1) is 0 Å². The van der Waals surface area contributed by atoms with Crippen LogP contribution < -0.4 is 11.5 Å². The molecule has 0 radical (unpaired) electrons. The van der Waals surface area contributed by atoms with Crippen LogP contribution in [-0.2, 0) is 19.3 Å². The lowest BCUT2D eigenvalue weighted by molar-refractivity contribution is 0.717. The van der Waals surface area contributed by atoms with Crippen LogP contribution in [-0.4, -0.2) is 9.97 Å². The summed E-state index contributed by atoms with van der Waals surface area (Å²) in [6.07, 6.45) is 4.84. The molecule has 4 N–H and O–H groups in total. The highest BCUT2D eigenvalue weighted by Gasteiger charge is 2.12. The standard InChI is InChI=1S/C21H24N4/c22-20-18(15-17-12-5-2-6-13-17)19(24-21(23)25-20)14-8-7-11-16-9-3-1-4-10-16/h1-6,9-10,12-13H,7-8,11,14-15H2,(H4,22,23,24,25). The van der Waals surface area contributed by atoms with Crippen molar-refractivity contribution in [3.05, 3.63) is 83.0 Å². The molecule has 2 aromatic carbocycles. The Bertz CT molecular complexity index is 801. The van der Waals surface area contributed by atoms with Gasteiger partial charge >= 0.3 is 0 Å². The summed E-state index contributed by atoms with van der Waals surface area (Å²) < 4.78 is 0. The summed E-state index contributed by atoms with van der Waals surface area (Å²) in [5.74, 6) is 0.752. The van der Waals surface area contributed by atoms with E-state index in [2.05, 4.69) is 46.4 Å². The molecule has 0 atom stereocenters. The first-order valence-electron chi connectivity index (χ1n) is 8.71. The van der Waals surface area contributed by atoms with Gasteiger partial charge in [-0.3, -0.25) is 0 Å². The summed E-state index contributed by atoms with van der Waals surface area (Å²) in [5.41, 5.74) is 16.5. The van der Waals surface area contributed by atoms with E-state index in [1.807, 2.05) is 24.3 Å². The number of nitrogens with two attached hydrogens (primary N) is 2. The number of anilines is 2. The minimum atomic E-state index is 0.257. The number of nitrogens with zero attached hydrogens (tertiary/aromatic N) is 2. The van der Waals surface area contributed by atoms with Gasteiger partial charge in [0.2, 0.25) is 5.95 Å². The number of unbranched alkanes of at least 4 members (excludes halogenated alkanes) is 1. The lowest BCUT2D eigenvalue weighted by atomic mass is 10.00. The van der Waals surface area contributed by atoms with Crippen molar-refractivity contribution in [2.75, 3.05) is 11.5 Å². The van der Waals surface area contributed by atoms with Crippen LogP contribution in [0.1, 0.15) is 35.2 Å². The van der Waals surface area contributed by atoms with Gasteiger partial charge in [0.1, 0.15) is 5.82 Å². The first kappa shape index (κ1) is 17.0. The van der Waals surface area contributed by atoms with E-state index in [0.29, 0.717) is 5.82 Å². The number of benzene rings is 2. The molecule has 0 aliphatic carbocycles. The van der Waals surface area contributed by atoms with Crippen LogP contribution in [0, 0.1) is 0 Å². The third-order valence-corrected chi connectivity index (χ3v) is 4.34. The Morgan fingerprint density at radius 3 is 1.96 bits per heavy atom. The van der Waals surface area contributed by atoms with E-state index in [-0.39, 0.29) is 5.95 Å². The molecule has 0 fully saturated rings. The van der Waals surface area contributed by atoms with Crippen molar-refractivity contribution in [1.82, 2.24) is 9.97 Å². The topological polar surface area (TPSA) is 77.8 Å². The van der Waals surface area contributed by atoms with Gasteiger partial charge in [0.15, 0.2) is 0 Å². The number of rotatable bonds is 7. The normalized spacial score (nSPS) is 10.7. The highest BCUT2D eigenvalue weighted by molar-refractivity contribution is 5.48. The zero-order valence-electron chi connectivity index (χ0n) is 14.4. The van der Waals surface area contributed by atoms with E-state index in [1.54, 1.807) is 0 Å². The van der Waals surface area contributed by atoms with E-state index in [4.69, 9.17) is 11.5 Å².